The second-order valence-electron chi connectivity index (χ2n) is 4.33. The second kappa shape index (κ2) is 9.37. The molecule has 0 unspecified atom stereocenters. The van der Waals surface area contributed by atoms with Gasteiger partial charge in [0.25, 0.3) is 5.91 Å². The van der Waals surface area contributed by atoms with E-state index in [0.717, 1.165) is 5.56 Å². The summed E-state index contributed by atoms with van der Waals surface area (Å²) in [6, 6.07) is 9.37. The fourth-order valence-electron chi connectivity index (χ4n) is 1.41. The Balaban J connectivity index is 2.12. The molecule has 0 bridgehead atoms. The number of hydrogen-bond acceptors (Lipinski definition) is 5. The van der Waals surface area contributed by atoms with Crippen LogP contribution in [0.25, 0.3) is 0 Å². The maximum absolute atomic E-state index is 11.4. The summed E-state index contributed by atoms with van der Waals surface area (Å²) < 4.78 is 10.2. The molecule has 21 heavy (non-hydrogen) atoms. The van der Waals surface area contributed by atoms with Crippen LogP contribution in [0.4, 0.5) is 0 Å². The average molecular weight is 290 g/mol. The molecule has 0 atom stereocenters. The number of nitriles is 1. The first-order chi connectivity index (χ1) is 10.1. The number of rotatable bonds is 8. The molecular formula is C15H18N2O4. The highest BCUT2D eigenvalue weighted by atomic mass is 16.5. The van der Waals surface area contributed by atoms with E-state index >= 15 is 0 Å². The Morgan fingerprint density at radius 2 is 2.00 bits per heavy atom. The van der Waals surface area contributed by atoms with Crippen molar-refractivity contribution in [3.8, 4) is 11.8 Å². The Hall–Kier alpha value is -2.55. The first-order valence-corrected chi connectivity index (χ1v) is 6.60. The van der Waals surface area contributed by atoms with E-state index < -0.39 is 11.9 Å². The fraction of sp³-hybridized carbons (Fsp3) is 0.400. The smallest absolute Gasteiger partial charge is 0.309 e. The number of nitrogens with one attached hydrogen (secondary N) is 1. The Bertz CT molecular complexity index is 505. The van der Waals surface area contributed by atoms with Crippen molar-refractivity contribution in [1.82, 2.24) is 5.32 Å². The standard InChI is InChI=1S/C15H18N2O4/c1-12-3-5-13(6-4-12)20-10-7-15(19)21-11-14(18)17-9-2-8-16/h3-6H,2,7,9-11H2,1H3,(H,17,18). The SMILES string of the molecule is Cc1ccc(OCCC(=O)OCC(=O)NCCC#N)cc1. The Morgan fingerprint density at radius 1 is 1.29 bits per heavy atom. The van der Waals surface area contributed by atoms with Gasteiger partial charge in [-0.2, -0.15) is 5.26 Å². The van der Waals surface area contributed by atoms with Crippen LogP contribution in [0.3, 0.4) is 0 Å². The van der Waals surface area contributed by atoms with Crippen LogP contribution in [0.5, 0.6) is 5.75 Å². The van der Waals surface area contributed by atoms with E-state index in [2.05, 4.69) is 5.32 Å². The zero-order chi connectivity index (χ0) is 15.5. The van der Waals surface area contributed by atoms with Crippen LogP contribution in [0, 0.1) is 18.3 Å². The number of aryl methyl sites for hydroxylation is 1. The summed E-state index contributed by atoms with van der Waals surface area (Å²) >= 11 is 0. The van der Waals surface area contributed by atoms with Gasteiger partial charge in [-0.05, 0) is 19.1 Å². The molecule has 6 heteroatoms. The zero-order valence-corrected chi connectivity index (χ0v) is 11.9. The predicted molar refractivity (Wildman–Crippen MR) is 75.5 cm³/mol. The lowest BCUT2D eigenvalue weighted by atomic mass is 10.2. The lowest BCUT2D eigenvalue weighted by Crippen LogP contribution is -2.29. The van der Waals surface area contributed by atoms with Crippen LogP contribution >= 0.6 is 0 Å². The van der Waals surface area contributed by atoms with Gasteiger partial charge in [0.2, 0.25) is 0 Å². The maximum Gasteiger partial charge on any atom is 0.309 e. The number of carbonyl (C=O) groups excluding carboxylic acids is 2. The summed E-state index contributed by atoms with van der Waals surface area (Å²) in [5, 5.41) is 10.8. The molecule has 0 aromatic heterocycles. The monoisotopic (exact) mass is 290 g/mol. The molecule has 0 fully saturated rings. The summed E-state index contributed by atoms with van der Waals surface area (Å²) in [7, 11) is 0. The molecular weight excluding hydrogens is 272 g/mol. The Kier molecular flexibility index (Phi) is 7.36. The van der Waals surface area contributed by atoms with Crippen molar-refractivity contribution >= 4 is 11.9 Å². The van der Waals surface area contributed by atoms with Gasteiger partial charge >= 0.3 is 5.97 Å². The minimum atomic E-state index is -0.502. The van der Waals surface area contributed by atoms with Crippen LogP contribution < -0.4 is 10.1 Å². The second-order valence-corrected chi connectivity index (χ2v) is 4.33. The summed E-state index contributed by atoms with van der Waals surface area (Å²) in [5.41, 5.74) is 1.13. The van der Waals surface area contributed by atoms with E-state index in [4.69, 9.17) is 14.7 Å². The van der Waals surface area contributed by atoms with E-state index in [1.165, 1.54) is 0 Å². The van der Waals surface area contributed by atoms with Gasteiger partial charge in [-0.25, -0.2) is 0 Å². The van der Waals surface area contributed by atoms with Crippen molar-refractivity contribution in [2.24, 2.45) is 0 Å². The van der Waals surface area contributed by atoms with Crippen LogP contribution in [-0.2, 0) is 14.3 Å². The molecule has 0 aliphatic heterocycles. The van der Waals surface area contributed by atoms with Gasteiger partial charge in [-0.3, -0.25) is 9.59 Å². The molecule has 6 nitrogen and oxygen atoms in total. The summed E-state index contributed by atoms with van der Waals surface area (Å²) in [6.45, 7) is 2.08. The first-order valence-electron chi connectivity index (χ1n) is 6.60. The number of carbonyl (C=O) groups is 2. The third kappa shape index (κ3) is 7.57. The normalized spacial score (nSPS) is 9.52. The van der Waals surface area contributed by atoms with Gasteiger partial charge in [0.1, 0.15) is 5.75 Å². The van der Waals surface area contributed by atoms with E-state index in [1.54, 1.807) is 0 Å². The highest BCUT2D eigenvalue weighted by molar-refractivity contribution is 5.80. The molecule has 0 heterocycles. The lowest BCUT2D eigenvalue weighted by molar-refractivity contribution is -0.149. The first kappa shape index (κ1) is 16.5. The highest BCUT2D eigenvalue weighted by Crippen LogP contribution is 2.11. The third-order valence-electron chi connectivity index (χ3n) is 2.52. The van der Waals surface area contributed by atoms with Gasteiger partial charge in [0.05, 0.1) is 25.5 Å². The summed E-state index contributed by atoms with van der Waals surface area (Å²) in [6.07, 6.45) is 0.295. The molecule has 0 spiro atoms. The minimum Gasteiger partial charge on any atom is -0.493 e. The van der Waals surface area contributed by atoms with Crippen LogP contribution in [0.15, 0.2) is 24.3 Å². The highest BCUT2D eigenvalue weighted by Gasteiger charge is 2.07. The summed E-state index contributed by atoms with van der Waals surface area (Å²) in [4.78, 5) is 22.6. The van der Waals surface area contributed by atoms with Crippen molar-refractivity contribution in [1.29, 1.82) is 5.26 Å². The van der Waals surface area contributed by atoms with Crippen LogP contribution in [-0.4, -0.2) is 31.6 Å². The molecule has 0 saturated carbocycles. The molecule has 1 aromatic rings. The fourth-order valence-corrected chi connectivity index (χ4v) is 1.41. The molecule has 112 valence electrons. The quantitative estimate of drug-likeness (QED) is 0.576. The molecule has 0 aliphatic rings. The van der Waals surface area contributed by atoms with Gasteiger partial charge in [0.15, 0.2) is 6.61 Å². The largest absolute Gasteiger partial charge is 0.493 e. The summed E-state index contributed by atoms with van der Waals surface area (Å²) in [5.74, 6) is -0.238. The predicted octanol–water partition coefficient (Wildman–Crippen LogP) is 1.34. The van der Waals surface area contributed by atoms with E-state index in [1.807, 2.05) is 37.3 Å². The number of ether oxygens (including phenoxy) is 2. The molecule has 1 amide bonds. The number of esters is 1. The molecule has 1 rings (SSSR count). The molecule has 0 radical (unpaired) electrons. The number of hydrogen-bond donors (Lipinski definition) is 1. The van der Waals surface area contributed by atoms with Crippen LogP contribution in [0.1, 0.15) is 18.4 Å². The number of amides is 1. The van der Waals surface area contributed by atoms with Crippen molar-refractivity contribution in [3.05, 3.63) is 29.8 Å². The Labute approximate surface area is 123 Å². The maximum atomic E-state index is 11.4. The lowest BCUT2D eigenvalue weighted by Gasteiger charge is -2.07. The number of nitrogens with zero attached hydrogens (tertiary/aromatic N) is 1. The number of benzene rings is 1. The van der Waals surface area contributed by atoms with Crippen molar-refractivity contribution in [2.75, 3.05) is 19.8 Å². The van der Waals surface area contributed by atoms with Gasteiger partial charge in [-0.15, -0.1) is 0 Å². The van der Waals surface area contributed by atoms with Gasteiger partial charge in [-0.1, -0.05) is 17.7 Å². The van der Waals surface area contributed by atoms with E-state index in [9.17, 15) is 9.59 Å². The minimum absolute atomic E-state index is 0.0688. The Morgan fingerprint density at radius 3 is 2.67 bits per heavy atom. The van der Waals surface area contributed by atoms with Crippen molar-refractivity contribution in [2.45, 2.75) is 19.8 Å². The van der Waals surface area contributed by atoms with Gasteiger partial charge in [0, 0.05) is 6.54 Å². The molecule has 0 aliphatic carbocycles. The van der Waals surface area contributed by atoms with Gasteiger partial charge < -0.3 is 14.8 Å². The molecule has 1 aromatic carbocycles. The van der Waals surface area contributed by atoms with Crippen molar-refractivity contribution < 1.29 is 19.1 Å². The topological polar surface area (TPSA) is 88.4 Å². The molecule has 0 saturated heterocycles. The average Bonchev–Trinajstić information content (AvgIpc) is 2.47. The molecule has 1 N–H and O–H groups in total. The third-order valence-corrected chi connectivity index (χ3v) is 2.52. The zero-order valence-electron chi connectivity index (χ0n) is 11.9. The van der Waals surface area contributed by atoms with E-state index in [-0.39, 0.29) is 32.6 Å². The van der Waals surface area contributed by atoms with Crippen molar-refractivity contribution in [3.63, 3.8) is 0 Å². The van der Waals surface area contributed by atoms with E-state index in [0.29, 0.717) is 5.75 Å². The van der Waals surface area contributed by atoms with Crippen LogP contribution in [0.2, 0.25) is 0 Å².